The summed E-state index contributed by atoms with van der Waals surface area (Å²) in [5, 5.41) is 0.847. The van der Waals surface area contributed by atoms with Crippen molar-refractivity contribution in [3.05, 3.63) is 53.6 Å². The summed E-state index contributed by atoms with van der Waals surface area (Å²) in [5.74, 6) is 0. The molecule has 80 valence electrons. The summed E-state index contributed by atoms with van der Waals surface area (Å²) in [6, 6.07) is 14.0. The fourth-order valence-electron chi connectivity index (χ4n) is 2.00. The zero-order chi connectivity index (χ0) is 11.5. The maximum atomic E-state index is 11.1. The molecule has 0 aliphatic carbocycles. The SMILES string of the molecule is Cc1cccc(C)c1-c1ccccc1P=O. The average Bonchev–Trinajstić information content (AvgIpc) is 2.29. The minimum atomic E-state index is 0.0774. The molecule has 0 saturated heterocycles. The van der Waals surface area contributed by atoms with E-state index in [0.717, 1.165) is 10.9 Å². The van der Waals surface area contributed by atoms with Crippen molar-refractivity contribution >= 4 is 13.8 Å². The van der Waals surface area contributed by atoms with Gasteiger partial charge in [0.1, 0.15) is 0 Å². The lowest BCUT2D eigenvalue weighted by molar-refractivity contribution is 0.603. The zero-order valence-corrected chi connectivity index (χ0v) is 10.3. The van der Waals surface area contributed by atoms with Crippen molar-refractivity contribution in [3.8, 4) is 11.1 Å². The molecule has 1 nitrogen and oxygen atoms in total. The van der Waals surface area contributed by atoms with Crippen LogP contribution in [-0.4, -0.2) is 0 Å². The summed E-state index contributed by atoms with van der Waals surface area (Å²) in [4.78, 5) is 0. The van der Waals surface area contributed by atoms with E-state index in [1.807, 2.05) is 30.3 Å². The molecular formula is C14H13OP. The van der Waals surface area contributed by atoms with E-state index >= 15 is 0 Å². The second-order valence-corrected chi connectivity index (χ2v) is 4.54. The monoisotopic (exact) mass is 228 g/mol. The highest BCUT2D eigenvalue weighted by Crippen LogP contribution is 2.27. The van der Waals surface area contributed by atoms with Crippen molar-refractivity contribution in [2.75, 3.05) is 0 Å². The molecule has 0 bridgehead atoms. The zero-order valence-electron chi connectivity index (χ0n) is 9.40. The molecule has 0 aliphatic heterocycles. The quantitative estimate of drug-likeness (QED) is 0.713. The van der Waals surface area contributed by atoms with E-state index in [2.05, 4.69) is 26.0 Å². The van der Waals surface area contributed by atoms with Gasteiger partial charge in [0.25, 0.3) is 0 Å². The molecule has 2 rings (SSSR count). The van der Waals surface area contributed by atoms with Crippen LogP contribution < -0.4 is 5.30 Å². The first-order valence-electron chi connectivity index (χ1n) is 5.23. The fourth-order valence-corrected chi connectivity index (χ4v) is 2.44. The Kier molecular flexibility index (Phi) is 3.17. The van der Waals surface area contributed by atoms with Crippen LogP contribution in [0.25, 0.3) is 11.1 Å². The summed E-state index contributed by atoms with van der Waals surface area (Å²) in [6.45, 7) is 4.17. The molecule has 16 heavy (non-hydrogen) atoms. The first-order valence-corrected chi connectivity index (χ1v) is 6.04. The number of rotatable bonds is 2. The normalized spacial score (nSPS) is 10.6. The second kappa shape index (κ2) is 4.59. The van der Waals surface area contributed by atoms with Gasteiger partial charge in [-0.3, -0.25) is 4.57 Å². The summed E-state index contributed by atoms with van der Waals surface area (Å²) < 4.78 is 11.1. The van der Waals surface area contributed by atoms with Gasteiger partial charge in [0.05, 0.1) is 5.30 Å². The maximum absolute atomic E-state index is 11.1. The molecule has 0 unspecified atom stereocenters. The van der Waals surface area contributed by atoms with Gasteiger partial charge in [0, 0.05) is 0 Å². The lowest BCUT2D eigenvalue weighted by Crippen LogP contribution is -1.99. The second-order valence-electron chi connectivity index (χ2n) is 3.88. The molecule has 2 heteroatoms. The summed E-state index contributed by atoms with van der Waals surface area (Å²) in [7, 11) is 0.0774. The van der Waals surface area contributed by atoms with E-state index in [9.17, 15) is 4.57 Å². The molecule has 0 aliphatic rings. The van der Waals surface area contributed by atoms with Crippen molar-refractivity contribution < 1.29 is 4.57 Å². The molecule has 0 spiro atoms. The van der Waals surface area contributed by atoms with Crippen molar-refractivity contribution in [3.63, 3.8) is 0 Å². The van der Waals surface area contributed by atoms with Crippen LogP contribution in [0.4, 0.5) is 0 Å². The highest BCUT2D eigenvalue weighted by molar-refractivity contribution is 7.34. The Balaban J connectivity index is 2.72. The molecule has 0 heterocycles. The van der Waals surface area contributed by atoms with Crippen LogP contribution >= 0.6 is 8.46 Å². The van der Waals surface area contributed by atoms with Gasteiger partial charge in [-0.2, -0.15) is 0 Å². The molecule has 2 aromatic carbocycles. The molecule has 0 atom stereocenters. The van der Waals surface area contributed by atoms with Crippen molar-refractivity contribution in [1.29, 1.82) is 0 Å². The Hall–Kier alpha value is -1.46. The van der Waals surface area contributed by atoms with Crippen LogP contribution in [0.1, 0.15) is 11.1 Å². The van der Waals surface area contributed by atoms with Crippen molar-refractivity contribution in [2.24, 2.45) is 0 Å². The third kappa shape index (κ3) is 1.91. The predicted octanol–water partition coefficient (Wildman–Crippen LogP) is 3.89. The molecule has 0 radical (unpaired) electrons. The molecule has 0 saturated carbocycles. The average molecular weight is 228 g/mol. The summed E-state index contributed by atoms with van der Waals surface area (Å²) in [5.41, 5.74) is 4.70. The van der Waals surface area contributed by atoms with Gasteiger partial charge in [-0.15, -0.1) is 0 Å². The molecule has 0 N–H and O–H groups in total. The molecule has 2 aromatic rings. The lowest BCUT2D eigenvalue weighted by atomic mass is 9.96. The van der Waals surface area contributed by atoms with E-state index in [1.54, 1.807) is 0 Å². The van der Waals surface area contributed by atoms with E-state index in [1.165, 1.54) is 16.7 Å². The minimum Gasteiger partial charge on any atom is -0.269 e. The molecular weight excluding hydrogens is 215 g/mol. The van der Waals surface area contributed by atoms with Crippen molar-refractivity contribution in [1.82, 2.24) is 0 Å². The Labute approximate surface area is 97.3 Å². The number of hydrogen-bond acceptors (Lipinski definition) is 1. The van der Waals surface area contributed by atoms with Crippen LogP contribution in [-0.2, 0) is 4.57 Å². The smallest absolute Gasteiger partial charge is 0.192 e. The van der Waals surface area contributed by atoms with E-state index in [-0.39, 0.29) is 8.46 Å². The van der Waals surface area contributed by atoms with Crippen LogP contribution in [0.2, 0.25) is 0 Å². The van der Waals surface area contributed by atoms with E-state index < -0.39 is 0 Å². The lowest BCUT2D eigenvalue weighted by Gasteiger charge is -2.11. The topological polar surface area (TPSA) is 17.1 Å². The highest BCUT2D eigenvalue weighted by Gasteiger charge is 2.09. The third-order valence-corrected chi connectivity index (χ3v) is 3.34. The van der Waals surface area contributed by atoms with E-state index in [0.29, 0.717) is 0 Å². The van der Waals surface area contributed by atoms with Crippen molar-refractivity contribution in [2.45, 2.75) is 13.8 Å². The Morgan fingerprint density at radius 3 is 2.12 bits per heavy atom. The van der Waals surface area contributed by atoms with Gasteiger partial charge in [0.2, 0.25) is 0 Å². The number of aryl methyl sites for hydroxylation is 2. The largest absolute Gasteiger partial charge is 0.269 e. The summed E-state index contributed by atoms with van der Waals surface area (Å²) in [6.07, 6.45) is 0. The van der Waals surface area contributed by atoms with Gasteiger partial charge in [0.15, 0.2) is 8.46 Å². The van der Waals surface area contributed by atoms with Gasteiger partial charge in [-0.25, -0.2) is 0 Å². The maximum Gasteiger partial charge on any atom is 0.192 e. The minimum absolute atomic E-state index is 0.0774. The van der Waals surface area contributed by atoms with Gasteiger partial charge in [-0.05, 0) is 42.2 Å². The standard InChI is InChI=1S/C14H13OP/c1-10-6-5-7-11(2)14(10)12-8-3-4-9-13(12)16-15/h3-9H,1-2H3. The fraction of sp³-hybridized carbons (Fsp3) is 0.143. The van der Waals surface area contributed by atoms with Gasteiger partial charge in [-0.1, -0.05) is 36.4 Å². The van der Waals surface area contributed by atoms with Crippen LogP contribution in [0.3, 0.4) is 0 Å². The van der Waals surface area contributed by atoms with Crippen LogP contribution in [0.15, 0.2) is 42.5 Å². The third-order valence-electron chi connectivity index (χ3n) is 2.75. The van der Waals surface area contributed by atoms with E-state index in [4.69, 9.17) is 0 Å². The molecule has 0 fully saturated rings. The van der Waals surface area contributed by atoms with Crippen LogP contribution in [0.5, 0.6) is 0 Å². The predicted molar refractivity (Wildman–Crippen MR) is 68.6 cm³/mol. The Morgan fingerprint density at radius 2 is 1.50 bits per heavy atom. The number of hydrogen-bond donors (Lipinski definition) is 0. The number of benzene rings is 2. The van der Waals surface area contributed by atoms with Gasteiger partial charge >= 0.3 is 0 Å². The first kappa shape index (κ1) is 11.0. The van der Waals surface area contributed by atoms with Gasteiger partial charge < -0.3 is 0 Å². The Bertz CT molecular complexity index is 512. The van der Waals surface area contributed by atoms with Crippen LogP contribution in [0, 0.1) is 13.8 Å². The molecule has 0 amide bonds. The molecule has 0 aromatic heterocycles. The first-order chi connectivity index (χ1) is 7.74. The Morgan fingerprint density at radius 1 is 0.875 bits per heavy atom. The highest BCUT2D eigenvalue weighted by atomic mass is 31.1. The summed E-state index contributed by atoms with van der Waals surface area (Å²) >= 11 is 0.